The molecule has 105 heavy (non-hydrogen) atoms. The van der Waals surface area contributed by atoms with Crippen molar-refractivity contribution in [2.75, 3.05) is 26.2 Å². The zero-order valence-electron chi connectivity index (χ0n) is 58.0. The standard InChI is InChI=1S/C72H90Cl2N18O13/c1-40(61(75)96)83-69(104)60-17-10-32-92(60)70(105)53(16-9-31-81-72(78)79)86-65(100)55(33-42-11-4-3-5-12-42)87-62(97)52(15-8-30-80-71(76)77)85-64(99)56(36-45-22-28-49(95)29-23-45)89-68(103)59(39-93)91-67(102)58(37-46-38-82-51-14-7-6-13-50(46)51)90-66(101)57(35-44-20-26-48(74)27-21-44)88-63(98)54(84-41(2)94)34-43-18-24-47(73)25-19-43/h3-7,11-14,18-29,38,40,52-60,82,93,95H,8-10,15-17,30-37,39H2,1-2H3,(H2,75,96)(H,83,104)(H,84,94)(H,85,99)(H,86,100)(H,87,97)(H,88,98)(H,89,103)(H,90,101)(H,91,102)(H4,76,77,80)(H4,78,79,81)/t40-,52-,53+,54-,55+,56+,57-,58-,59+,60+/m1/s1. The molecule has 0 radical (unpaired) electrons. The van der Waals surface area contributed by atoms with Gasteiger partial charge in [0.1, 0.15) is 66.2 Å². The fraction of sp³-hybridized carbons (Fsp3) is 0.375. The third-order valence-electron chi connectivity index (χ3n) is 17.3. The lowest BCUT2D eigenvalue weighted by Gasteiger charge is -2.30. The molecule has 0 unspecified atom stereocenters. The number of rotatable bonds is 38. The maximum Gasteiger partial charge on any atom is 0.245 e. The van der Waals surface area contributed by atoms with Crippen molar-refractivity contribution in [2.24, 2.45) is 38.7 Å². The van der Waals surface area contributed by atoms with E-state index >= 15 is 9.59 Å². The number of phenols is 1. The number of amides is 11. The average molecular weight is 1490 g/mol. The van der Waals surface area contributed by atoms with Crippen LogP contribution in [0.15, 0.2) is 144 Å². The molecule has 10 atom stereocenters. The first kappa shape index (κ1) is 81.0. The van der Waals surface area contributed by atoms with Crippen molar-refractivity contribution in [1.29, 1.82) is 0 Å². The number of aromatic hydroxyl groups is 1. The molecule has 560 valence electrons. The number of primary amides is 1. The Morgan fingerprint density at radius 2 is 0.905 bits per heavy atom. The molecule has 2 heterocycles. The van der Waals surface area contributed by atoms with E-state index in [9.17, 15) is 53.4 Å². The number of aliphatic imine (C=N–C) groups is 2. The van der Waals surface area contributed by atoms with E-state index in [4.69, 9.17) is 51.9 Å². The first-order valence-corrected chi connectivity index (χ1v) is 34.8. The highest BCUT2D eigenvalue weighted by Crippen LogP contribution is 2.23. The number of aromatic amines is 1. The Hall–Kier alpha value is -11.3. The van der Waals surface area contributed by atoms with Crippen LogP contribution in [0.5, 0.6) is 5.75 Å². The van der Waals surface area contributed by atoms with Crippen molar-refractivity contribution in [1.82, 2.24) is 57.7 Å². The Bertz CT molecular complexity index is 4060. The summed E-state index contributed by atoms with van der Waals surface area (Å²) >= 11 is 12.4. The number of nitrogens with two attached hydrogens (primary N) is 5. The van der Waals surface area contributed by atoms with Crippen molar-refractivity contribution >= 4 is 111 Å². The minimum Gasteiger partial charge on any atom is -0.508 e. The highest BCUT2D eigenvalue weighted by molar-refractivity contribution is 6.30. The number of hydrogen-bond donors (Lipinski definition) is 17. The summed E-state index contributed by atoms with van der Waals surface area (Å²) in [4.78, 5) is 169. The molecule has 0 aliphatic carbocycles. The molecular weight excluding hydrogens is 1400 g/mol. The van der Waals surface area contributed by atoms with E-state index in [0.717, 1.165) is 0 Å². The summed E-state index contributed by atoms with van der Waals surface area (Å²) in [7, 11) is 0. The third kappa shape index (κ3) is 25.6. The molecule has 1 saturated heterocycles. The Kier molecular flexibility index (Phi) is 30.8. The first-order chi connectivity index (χ1) is 50.1. The number of carbonyl (C=O) groups excluding carboxylic acids is 11. The van der Waals surface area contributed by atoms with Gasteiger partial charge in [-0.1, -0.05) is 108 Å². The largest absolute Gasteiger partial charge is 0.508 e. The number of halogens is 2. The van der Waals surface area contributed by atoms with Crippen LogP contribution in [0.1, 0.15) is 80.2 Å². The summed E-state index contributed by atoms with van der Waals surface area (Å²) in [5.74, 6) is -9.86. The molecule has 1 aliphatic heterocycles. The minimum atomic E-state index is -1.86. The van der Waals surface area contributed by atoms with Gasteiger partial charge in [-0.15, -0.1) is 0 Å². The average Bonchev–Trinajstić information content (AvgIpc) is 1.54. The third-order valence-corrected chi connectivity index (χ3v) is 17.8. The molecule has 0 spiro atoms. The summed E-state index contributed by atoms with van der Waals surface area (Å²) < 4.78 is 0. The van der Waals surface area contributed by atoms with Gasteiger partial charge in [-0.25, -0.2) is 0 Å². The van der Waals surface area contributed by atoms with Crippen molar-refractivity contribution < 1.29 is 63.0 Å². The SMILES string of the molecule is CC(=O)N[C@H](Cc1ccc(Cl)cc1)C(=O)N[C@H](Cc1ccc(Cl)cc1)C(=O)N[C@H](Cc1c[nH]c2ccccc12)C(=O)N[C@@H](CO)C(=O)N[C@@H](Cc1ccc(O)cc1)C(=O)N[C@H](CCCN=C(N)N)C(=O)N[C@@H](Cc1ccccc1)C(=O)N[C@@H](CCCN=C(N)N)C(=O)N1CCC[C@H]1C(=O)N[C@H](C)C(N)=O. The molecule has 1 fully saturated rings. The number of guanidine groups is 2. The second-order valence-corrected chi connectivity index (χ2v) is 26.2. The van der Waals surface area contributed by atoms with E-state index in [1.807, 2.05) is 0 Å². The van der Waals surface area contributed by atoms with Crippen LogP contribution < -0.4 is 76.5 Å². The Labute approximate surface area is 615 Å². The molecule has 22 N–H and O–H groups in total. The lowest BCUT2D eigenvalue weighted by Crippen LogP contribution is -2.61. The zero-order valence-corrected chi connectivity index (χ0v) is 59.5. The normalized spacial score (nSPS) is 15.1. The highest BCUT2D eigenvalue weighted by atomic mass is 35.5. The number of para-hydroxylation sites is 1. The van der Waals surface area contributed by atoms with Crippen LogP contribution in [-0.2, 0) is 84.8 Å². The second kappa shape index (κ2) is 39.9. The van der Waals surface area contributed by atoms with Gasteiger partial charge in [0, 0.05) is 85.8 Å². The first-order valence-electron chi connectivity index (χ1n) is 34.0. The minimum absolute atomic E-state index is 0.00930. The molecule has 5 aromatic carbocycles. The highest BCUT2D eigenvalue weighted by Gasteiger charge is 2.40. The molecular formula is C72H90Cl2N18O13. The molecule has 0 bridgehead atoms. The van der Waals surface area contributed by atoms with Gasteiger partial charge in [0.15, 0.2) is 11.9 Å². The summed E-state index contributed by atoms with van der Waals surface area (Å²) in [5.41, 5.74) is 31.2. The summed E-state index contributed by atoms with van der Waals surface area (Å²) in [6.07, 6.45) is 1.28. The maximum atomic E-state index is 15.0. The van der Waals surface area contributed by atoms with Gasteiger partial charge in [-0.3, -0.25) is 62.7 Å². The zero-order chi connectivity index (χ0) is 76.3. The second-order valence-electron chi connectivity index (χ2n) is 25.4. The Morgan fingerprint density at radius 1 is 0.505 bits per heavy atom. The number of phenolic OH excluding ortho intramolecular Hbond substituents is 1. The maximum absolute atomic E-state index is 15.0. The van der Waals surface area contributed by atoms with Crippen LogP contribution in [0, 0.1) is 0 Å². The van der Waals surface area contributed by atoms with E-state index in [1.165, 1.54) is 43.0 Å². The van der Waals surface area contributed by atoms with Crippen molar-refractivity contribution in [3.63, 3.8) is 0 Å². The number of H-pyrrole nitrogens is 1. The van der Waals surface area contributed by atoms with Gasteiger partial charge < -0.3 is 96.6 Å². The number of aliphatic hydroxyl groups excluding tert-OH is 1. The molecule has 1 aromatic heterocycles. The molecule has 11 amide bonds. The summed E-state index contributed by atoms with van der Waals surface area (Å²) in [5, 5.41) is 46.8. The number of likely N-dealkylation sites (tertiary alicyclic amines) is 1. The Morgan fingerprint density at radius 3 is 1.38 bits per heavy atom. The lowest BCUT2D eigenvalue weighted by atomic mass is 10.0. The van der Waals surface area contributed by atoms with E-state index in [0.29, 0.717) is 55.2 Å². The quantitative estimate of drug-likeness (QED) is 0.0134. The monoisotopic (exact) mass is 1480 g/mol. The van der Waals surface area contributed by atoms with Gasteiger partial charge in [-0.2, -0.15) is 0 Å². The van der Waals surface area contributed by atoms with E-state index in [-0.39, 0.29) is 102 Å². The van der Waals surface area contributed by atoms with Crippen molar-refractivity contribution in [2.45, 2.75) is 145 Å². The molecule has 1 aliphatic rings. The smallest absolute Gasteiger partial charge is 0.245 e. The van der Waals surface area contributed by atoms with Crippen LogP contribution >= 0.6 is 23.2 Å². The molecule has 33 heteroatoms. The van der Waals surface area contributed by atoms with Crippen LogP contribution in [-0.4, -0.2) is 184 Å². The fourth-order valence-electron chi connectivity index (χ4n) is 11.8. The number of aromatic nitrogens is 1. The molecule has 0 saturated carbocycles. The number of nitrogens with one attached hydrogen (secondary N) is 10. The number of hydrogen-bond acceptors (Lipinski definition) is 15. The predicted octanol–water partition coefficient (Wildman–Crippen LogP) is -0.328. The summed E-state index contributed by atoms with van der Waals surface area (Å²) in [6, 6.07) is 20.1. The van der Waals surface area contributed by atoms with Gasteiger partial charge in [-0.05, 0) is 116 Å². The fourth-order valence-corrected chi connectivity index (χ4v) is 12.0. The van der Waals surface area contributed by atoms with Crippen LogP contribution in [0.3, 0.4) is 0 Å². The number of fused-ring (bicyclic) bond motifs is 1. The van der Waals surface area contributed by atoms with Gasteiger partial charge in [0.25, 0.3) is 0 Å². The number of aliphatic hydroxyl groups is 1. The van der Waals surface area contributed by atoms with Crippen molar-refractivity contribution in [3.05, 3.63) is 171 Å². The van der Waals surface area contributed by atoms with Crippen LogP contribution in [0.25, 0.3) is 10.9 Å². The van der Waals surface area contributed by atoms with E-state index in [2.05, 4.69) is 62.8 Å². The van der Waals surface area contributed by atoms with Gasteiger partial charge >= 0.3 is 0 Å². The van der Waals surface area contributed by atoms with Crippen LogP contribution in [0.2, 0.25) is 10.0 Å². The van der Waals surface area contributed by atoms with Gasteiger partial charge in [0.05, 0.1) is 6.61 Å². The number of benzene rings is 5. The number of nitrogens with zero attached hydrogens (tertiary/aromatic N) is 3. The number of carbonyl (C=O) groups is 11. The molecule has 7 rings (SSSR count). The van der Waals surface area contributed by atoms with Crippen molar-refractivity contribution in [3.8, 4) is 5.75 Å². The lowest BCUT2D eigenvalue weighted by molar-refractivity contribution is -0.142. The predicted molar refractivity (Wildman–Crippen MR) is 394 cm³/mol. The van der Waals surface area contributed by atoms with Gasteiger partial charge in [0.2, 0.25) is 65.0 Å². The molecule has 6 aromatic rings. The summed E-state index contributed by atoms with van der Waals surface area (Å²) in [6.45, 7) is 1.64. The van der Waals surface area contributed by atoms with E-state index < -0.39 is 132 Å². The topological polar surface area (TPSA) is 510 Å². The Balaban J connectivity index is 1.17. The van der Waals surface area contributed by atoms with Crippen LogP contribution in [0.4, 0.5) is 0 Å². The molecule has 31 nitrogen and oxygen atoms in total. The van der Waals surface area contributed by atoms with E-state index in [1.54, 1.807) is 109 Å².